The monoisotopic (exact) mass is 269 g/mol. The zero-order valence-electron chi connectivity index (χ0n) is 10.8. The third-order valence-electron chi connectivity index (χ3n) is 3.02. The Morgan fingerprint density at radius 3 is 2.61 bits per heavy atom. The van der Waals surface area contributed by atoms with Gasteiger partial charge in [-0.2, -0.15) is 4.37 Å². The number of aromatic nitrogens is 2. The van der Waals surface area contributed by atoms with Crippen LogP contribution in [0.3, 0.4) is 0 Å². The van der Waals surface area contributed by atoms with E-state index in [0.29, 0.717) is 13.1 Å². The van der Waals surface area contributed by atoms with Crippen molar-refractivity contribution in [2.24, 2.45) is 5.73 Å². The van der Waals surface area contributed by atoms with E-state index in [9.17, 15) is 4.79 Å². The van der Waals surface area contributed by atoms with Crippen LogP contribution in [0.5, 0.6) is 0 Å². The highest BCUT2D eigenvalue weighted by molar-refractivity contribution is 7.09. The number of rotatable bonds is 3. The molecule has 18 heavy (non-hydrogen) atoms. The Balaban J connectivity index is 1.92. The van der Waals surface area contributed by atoms with E-state index >= 15 is 0 Å². The number of carbonyl (C=O) groups excluding carboxylic acids is 1. The Labute approximate surface area is 111 Å². The minimum absolute atomic E-state index is 0.0289. The standard InChI is InChI=1S/C11H19N5OS/c1-3-9-13-11(18-14-9)16-6-4-15(5-7-16)10(17)8(2)12/h8H,3-7,12H2,1-2H3/t8-/m1/s1. The second kappa shape index (κ2) is 5.62. The van der Waals surface area contributed by atoms with Gasteiger partial charge in [0.15, 0.2) is 0 Å². The molecule has 6 nitrogen and oxygen atoms in total. The molecule has 0 unspecified atom stereocenters. The lowest BCUT2D eigenvalue weighted by Gasteiger charge is -2.35. The zero-order valence-corrected chi connectivity index (χ0v) is 11.6. The van der Waals surface area contributed by atoms with Gasteiger partial charge in [0.05, 0.1) is 6.04 Å². The van der Waals surface area contributed by atoms with Gasteiger partial charge in [0, 0.05) is 44.1 Å². The molecule has 1 aliphatic rings. The summed E-state index contributed by atoms with van der Waals surface area (Å²) >= 11 is 1.43. The minimum atomic E-state index is -0.412. The Morgan fingerprint density at radius 2 is 2.11 bits per heavy atom. The van der Waals surface area contributed by atoms with Gasteiger partial charge in [-0.1, -0.05) is 6.92 Å². The summed E-state index contributed by atoms with van der Waals surface area (Å²) in [5, 5.41) is 0.958. The number of anilines is 1. The van der Waals surface area contributed by atoms with E-state index in [4.69, 9.17) is 5.73 Å². The lowest BCUT2D eigenvalue weighted by atomic mass is 10.2. The van der Waals surface area contributed by atoms with Gasteiger partial charge in [0.1, 0.15) is 5.82 Å². The number of hydrogen-bond donors (Lipinski definition) is 1. The van der Waals surface area contributed by atoms with Crippen LogP contribution in [0.15, 0.2) is 0 Å². The van der Waals surface area contributed by atoms with Crippen LogP contribution in [0.1, 0.15) is 19.7 Å². The van der Waals surface area contributed by atoms with Gasteiger partial charge in [-0.05, 0) is 6.92 Å². The zero-order chi connectivity index (χ0) is 13.1. The second-order valence-corrected chi connectivity index (χ2v) is 5.18. The van der Waals surface area contributed by atoms with E-state index in [-0.39, 0.29) is 5.91 Å². The van der Waals surface area contributed by atoms with Crippen molar-refractivity contribution in [3.05, 3.63) is 5.82 Å². The number of nitrogens with zero attached hydrogens (tertiary/aromatic N) is 4. The van der Waals surface area contributed by atoms with E-state index in [2.05, 4.69) is 14.3 Å². The average molecular weight is 269 g/mol. The first-order chi connectivity index (χ1) is 8.61. The van der Waals surface area contributed by atoms with Crippen LogP contribution in [-0.2, 0) is 11.2 Å². The Hall–Kier alpha value is -1.21. The smallest absolute Gasteiger partial charge is 0.239 e. The fourth-order valence-electron chi connectivity index (χ4n) is 1.92. The van der Waals surface area contributed by atoms with Gasteiger partial charge >= 0.3 is 0 Å². The maximum absolute atomic E-state index is 11.7. The minimum Gasteiger partial charge on any atom is -0.343 e. The van der Waals surface area contributed by atoms with E-state index in [1.165, 1.54) is 11.5 Å². The van der Waals surface area contributed by atoms with Crippen molar-refractivity contribution in [3.8, 4) is 0 Å². The van der Waals surface area contributed by atoms with Crippen LogP contribution in [0.4, 0.5) is 5.13 Å². The maximum Gasteiger partial charge on any atom is 0.239 e. The number of carbonyl (C=O) groups is 1. The molecule has 0 spiro atoms. The summed E-state index contributed by atoms with van der Waals surface area (Å²) < 4.78 is 4.28. The first-order valence-electron chi connectivity index (χ1n) is 6.23. The summed E-state index contributed by atoms with van der Waals surface area (Å²) in [6.07, 6.45) is 0.861. The highest BCUT2D eigenvalue weighted by Crippen LogP contribution is 2.19. The van der Waals surface area contributed by atoms with E-state index < -0.39 is 6.04 Å². The fraction of sp³-hybridized carbons (Fsp3) is 0.727. The molecule has 0 saturated carbocycles. The topological polar surface area (TPSA) is 75.4 Å². The summed E-state index contributed by atoms with van der Waals surface area (Å²) in [5.74, 6) is 0.922. The molecular formula is C11H19N5OS. The summed E-state index contributed by atoms with van der Waals surface area (Å²) in [6.45, 7) is 6.80. The van der Waals surface area contributed by atoms with Crippen molar-refractivity contribution in [1.82, 2.24) is 14.3 Å². The fourth-order valence-corrected chi connectivity index (χ4v) is 2.72. The van der Waals surface area contributed by atoms with E-state index in [1.54, 1.807) is 6.92 Å². The number of nitrogens with two attached hydrogens (primary N) is 1. The highest BCUT2D eigenvalue weighted by Gasteiger charge is 2.24. The van der Waals surface area contributed by atoms with Crippen LogP contribution in [0.25, 0.3) is 0 Å². The molecule has 7 heteroatoms. The molecule has 1 aromatic heterocycles. The third-order valence-corrected chi connectivity index (χ3v) is 3.84. The van der Waals surface area contributed by atoms with Crippen LogP contribution >= 0.6 is 11.5 Å². The first-order valence-corrected chi connectivity index (χ1v) is 7.01. The van der Waals surface area contributed by atoms with Crippen molar-refractivity contribution < 1.29 is 4.79 Å². The Bertz CT molecular complexity index is 411. The lowest BCUT2D eigenvalue weighted by Crippen LogP contribution is -2.52. The number of amides is 1. The molecule has 0 aromatic carbocycles. The summed E-state index contributed by atoms with van der Waals surface area (Å²) in [7, 11) is 0. The molecule has 1 atom stereocenters. The second-order valence-electron chi connectivity index (χ2n) is 4.45. The Kier molecular flexibility index (Phi) is 4.13. The SMILES string of the molecule is CCc1nsc(N2CCN(C(=O)[C@@H](C)N)CC2)n1. The van der Waals surface area contributed by atoms with Crippen LogP contribution in [-0.4, -0.2) is 52.4 Å². The van der Waals surface area contributed by atoms with Gasteiger partial charge in [0.2, 0.25) is 11.0 Å². The predicted molar refractivity (Wildman–Crippen MR) is 71.7 cm³/mol. The van der Waals surface area contributed by atoms with Crippen molar-refractivity contribution in [2.45, 2.75) is 26.3 Å². The van der Waals surface area contributed by atoms with Crippen LogP contribution in [0, 0.1) is 0 Å². The largest absolute Gasteiger partial charge is 0.343 e. The van der Waals surface area contributed by atoms with Crippen molar-refractivity contribution in [1.29, 1.82) is 0 Å². The summed E-state index contributed by atoms with van der Waals surface area (Å²) in [5.41, 5.74) is 5.61. The van der Waals surface area contributed by atoms with E-state index in [0.717, 1.165) is 30.5 Å². The normalized spacial score (nSPS) is 17.9. The predicted octanol–water partition coefficient (Wildman–Crippen LogP) is 0.0963. The molecule has 1 aliphatic heterocycles. The Morgan fingerprint density at radius 1 is 1.44 bits per heavy atom. The number of hydrogen-bond acceptors (Lipinski definition) is 6. The number of aryl methyl sites for hydroxylation is 1. The quantitative estimate of drug-likeness (QED) is 0.842. The average Bonchev–Trinajstić information content (AvgIpc) is 2.86. The van der Waals surface area contributed by atoms with Gasteiger partial charge in [0.25, 0.3) is 0 Å². The van der Waals surface area contributed by atoms with Crippen molar-refractivity contribution in [3.63, 3.8) is 0 Å². The van der Waals surface area contributed by atoms with Crippen molar-refractivity contribution in [2.75, 3.05) is 31.1 Å². The molecule has 0 aliphatic carbocycles. The van der Waals surface area contributed by atoms with Gasteiger partial charge in [-0.3, -0.25) is 4.79 Å². The third kappa shape index (κ3) is 2.78. The molecular weight excluding hydrogens is 250 g/mol. The molecule has 1 aromatic rings. The van der Waals surface area contributed by atoms with Gasteiger partial charge in [-0.15, -0.1) is 0 Å². The van der Waals surface area contributed by atoms with Crippen LogP contribution in [0.2, 0.25) is 0 Å². The summed E-state index contributed by atoms with van der Waals surface area (Å²) in [6, 6.07) is -0.412. The lowest BCUT2D eigenvalue weighted by molar-refractivity contribution is -0.132. The van der Waals surface area contributed by atoms with Gasteiger partial charge < -0.3 is 15.5 Å². The van der Waals surface area contributed by atoms with Crippen LogP contribution < -0.4 is 10.6 Å². The molecule has 1 amide bonds. The first kappa shape index (κ1) is 13.2. The highest BCUT2D eigenvalue weighted by atomic mass is 32.1. The van der Waals surface area contributed by atoms with Gasteiger partial charge in [-0.25, -0.2) is 4.98 Å². The molecule has 2 heterocycles. The molecule has 1 saturated heterocycles. The maximum atomic E-state index is 11.7. The molecule has 0 bridgehead atoms. The molecule has 0 radical (unpaired) electrons. The molecule has 100 valence electrons. The van der Waals surface area contributed by atoms with Crippen molar-refractivity contribution >= 4 is 22.6 Å². The molecule has 2 N–H and O–H groups in total. The van der Waals surface area contributed by atoms with E-state index in [1.807, 2.05) is 11.8 Å². The molecule has 1 fully saturated rings. The molecule has 2 rings (SSSR count). The summed E-state index contributed by atoms with van der Waals surface area (Å²) in [4.78, 5) is 20.2. The number of piperazine rings is 1.